The van der Waals surface area contributed by atoms with Gasteiger partial charge in [-0.25, -0.2) is 5.10 Å². The molecule has 0 radical (unpaired) electrons. The molecule has 2 aromatic rings. The summed E-state index contributed by atoms with van der Waals surface area (Å²) in [5.74, 6) is 0.891. The lowest BCUT2D eigenvalue weighted by molar-refractivity contribution is -0.0599. The van der Waals surface area contributed by atoms with E-state index in [0.717, 1.165) is 51.6 Å². The normalized spacial score (nSPS) is 25.3. The minimum Gasteiger partial charge on any atom is -0.373 e. The van der Waals surface area contributed by atoms with Gasteiger partial charge in [0, 0.05) is 32.2 Å². The Hall–Kier alpha value is -1.92. The maximum Gasteiger partial charge on any atom is 0.221 e. The summed E-state index contributed by atoms with van der Waals surface area (Å²) in [7, 11) is 0. The number of anilines is 1. The quantitative estimate of drug-likeness (QED) is 0.910. The molecule has 6 nitrogen and oxygen atoms in total. The summed E-state index contributed by atoms with van der Waals surface area (Å²) in [6, 6.07) is 11.1. The molecule has 0 unspecified atom stereocenters. The van der Waals surface area contributed by atoms with Crippen molar-refractivity contribution in [3.05, 3.63) is 42.2 Å². The zero-order chi connectivity index (χ0) is 15.5. The van der Waals surface area contributed by atoms with Crippen LogP contribution in [-0.4, -0.2) is 58.4 Å². The highest BCUT2D eigenvalue weighted by molar-refractivity contribution is 5.28. The smallest absolute Gasteiger partial charge is 0.221 e. The van der Waals surface area contributed by atoms with Crippen LogP contribution in [0.2, 0.25) is 0 Å². The van der Waals surface area contributed by atoms with Crippen molar-refractivity contribution in [1.82, 2.24) is 20.1 Å². The van der Waals surface area contributed by atoms with Crippen molar-refractivity contribution in [2.75, 3.05) is 31.1 Å². The first kappa shape index (κ1) is 14.7. The van der Waals surface area contributed by atoms with E-state index < -0.39 is 0 Å². The number of H-pyrrole nitrogens is 1. The number of aromatic nitrogens is 3. The number of nitrogens with one attached hydrogen (secondary N) is 1. The van der Waals surface area contributed by atoms with Crippen molar-refractivity contribution in [3.8, 4) is 0 Å². The number of ether oxygens (including phenoxy) is 1. The molecule has 2 fully saturated rings. The zero-order valence-corrected chi connectivity index (χ0v) is 13.3. The molecule has 4 rings (SSSR count). The Morgan fingerprint density at radius 1 is 1.09 bits per heavy atom. The van der Waals surface area contributed by atoms with Crippen LogP contribution in [0.4, 0.5) is 5.95 Å². The Kier molecular flexibility index (Phi) is 4.26. The number of piperazine rings is 1. The first-order valence-electron chi connectivity index (χ1n) is 8.38. The molecule has 1 aromatic heterocycles. The molecule has 1 aliphatic carbocycles. The number of hydrogen-bond acceptors (Lipinski definition) is 5. The number of hydrogen-bond donors (Lipinski definition) is 1. The Morgan fingerprint density at radius 3 is 2.57 bits per heavy atom. The molecular weight excluding hydrogens is 290 g/mol. The average molecular weight is 313 g/mol. The van der Waals surface area contributed by atoms with E-state index in [1.807, 2.05) is 6.07 Å². The largest absolute Gasteiger partial charge is 0.373 e. The molecule has 122 valence electrons. The average Bonchev–Trinajstić information content (AvgIpc) is 3.09. The van der Waals surface area contributed by atoms with Crippen molar-refractivity contribution >= 4 is 5.95 Å². The van der Waals surface area contributed by atoms with Gasteiger partial charge in [-0.3, -0.25) is 4.90 Å². The molecule has 1 aromatic carbocycles. The van der Waals surface area contributed by atoms with Crippen LogP contribution in [0.15, 0.2) is 36.7 Å². The summed E-state index contributed by atoms with van der Waals surface area (Å²) in [6.45, 7) is 4.95. The fourth-order valence-corrected chi connectivity index (χ4v) is 3.41. The van der Waals surface area contributed by atoms with Gasteiger partial charge in [-0.15, -0.1) is 0 Å². The number of benzene rings is 1. The van der Waals surface area contributed by atoms with Gasteiger partial charge in [-0.1, -0.05) is 30.3 Å². The van der Waals surface area contributed by atoms with Gasteiger partial charge in [0.05, 0.1) is 12.7 Å². The second-order valence-electron chi connectivity index (χ2n) is 6.38. The molecule has 0 spiro atoms. The predicted molar refractivity (Wildman–Crippen MR) is 88.2 cm³/mol. The summed E-state index contributed by atoms with van der Waals surface area (Å²) in [4.78, 5) is 9.09. The van der Waals surface area contributed by atoms with Gasteiger partial charge in [0.1, 0.15) is 6.33 Å². The SMILES string of the molecule is c1ccc(COC2CC(N3CCN(c4ncn[nH]4)CC3)C2)cc1. The van der Waals surface area contributed by atoms with Crippen molar-refractivity contribution in [2.45, 2.75) is 31.6 Å². The predicted octanol–water partition coefficient (Wildman–Crippen LogP) is 1.67. The van der Waals surface area contributed by atoms with Gasteiger partial charge in [-0.05, 0) is 18.4 Å². The maximum atomic E-state index is 6.00. The second kappa shape index (κ2) is 6.68. The summed E-state index contributed by atoms with van der Waals surface area (Å²) >= 11 is 0. The fourth-order valence-electron chi connectivity index (χ4n) is 3.41. The van der Waals surface area contributed by atoms with Gasteiger partial charge in [-0.2, -0.15) is 10.1 Å². The Labute approximate surface area is 136 Å². The first-order valence-corrected chi connectivity index (χ1v) is 8.38. The minimum atomic E-state index is 0.424. The molecule has 0 amide bonds. The van der Waals surface area contributed by atoms with Crippen LogP contribution in [-0.2, 0) is 11.3 Å². The van der Waals surface area contributed by atoms with Crippen LogP contribution >= 0.6 is 0 Å². The fraction of sp³-hybridized carbons (Fsp3) is 0.529. The third-order valence-corrected chi connectivity index (χ3v) is 4.93. The summed E-state index contributed by atoms with van der Waals surface area (Å²) in [6.07, 6.45) is 4.32. The van der Waals surface area contributed by atoms with E-state index in [0.29, 0.717) is 12.1 Å². The molecule has 1 N–H and O–H groups in total. The zero-order valence-electron chi connectivity index (χ0n) is 13.3. The van der Waals surface area contributed by atoms with Crippen LogP contribution in [0.25, 0.3) is 0 Å². The molecule has 6 heteroatoms. The third kappa shape index (κ3) is 3.38. The van der Waals surface area contributed by atoms with Crippen LogP contribution in [0.5, 0.6) is 0 Å². The summed E-state index contributed by atoms with van der Waals surface area (Å²) in [5, 5.41) is 6.87. The molecule has 2 heterocycles. The minimum absolute atomic E-state index is 0.424. The first-order chi connectivity index (χ1) is 11.4. The lowest BCUT2D eigenvalue weighted by Gasteiger charge is -2.46. The Balaban J connectivity index is 1.18. The van der Waals surface area contributed by atoms with E-state index in [1.54, 1.807) is 6.33 Å². The lowest BCUT2D eigenvalue weighted by atomic mass is 9.87. The van der Waals surface area contributed by atoms with Crippen LogP contribution < -0.4 is 4.90 Å². The van der Waals surface area contributed by atoms with Crippen LogP contribution in [0.1, 0.15) is 18.4 Å². The molecular formula is C17H23N5O. The molecule has 23 heavy (non-hydrogen) atoms. The highest BCUT2D eigenvalue weighted by Gasteiger charge is 2.35. The highest BCUT2D eigenvalue weighted by Crippen LogP contribution is 2.30. The van der Waals surface area contributed by atoms with E-state index in [-0.39, 0.29) is 0 Å². The van der Waals surface area contributed by atoms with Crippen molar-refractivity contribution in [3.63, 3.8) is 0 Å². The number of rotatable bonds is 5. The van der Waals surface area contributed by atoms with E-state index in [2.05, 4.69) is 49.2 Å². The van der Waals surface area contributed by atoms with E-state index in [1.165, 1.54) is 5.56 Å². The van der Waals surface area contributed by atoms with Crippen molar-refractivity contribution in [1.29, 1.82) is 0 Å². The lowest BCUT2D eigenvalue weighted by Crippen LogP contribution is -2.55. The molecule has 2 aliphatic rings. The van der Waals surface area contributed by atoms with Crippen molar-refractivity contribution in [2.24, 2.45) is 0 Å². The van der Waals surface area contributed by atoms with Crippen LogP contribution in [0, 0.1) is 0 Å². The Morgan fingerprint density at radius 2 is 1.87 bits per heavy atom. The molecule has 1 saturated heterocycles. The van der Waals surface area contributed by atoms with Crippen LogP contribution in [0.3, 0.4) is 0 Å². The Bertz CT molecular complexity index is 589. The summed E-state index contributed by atoms with van der Waals surface area (Å²) < 4.78 is 6.00. The molecule has 1 aliphatic heterocycles. The number of nitrogens with zero attached hydrogens (tertiary/aromatic N) is 4. The maximum absolute atomic E-state index is 6.00. The van der Waals surface area contributed by atoms with Gasteiger partial charge in [0.15, 0.2) is 0 Å². The van der Waals surface area contributed by atoms with Gasteiger partial charge in [0.25, 0.3) is 0 Å². The molecule has 0 bridgehead atoms. The summed E-state index contributed by atoms with van der Waals surface area (Å²) in [5.41, 5.74) is 1.26. The van der Waals surface area contributed by atoms with Gasteiger partial charge in [0.2, 0.25) is 5.95 Å². The third-order valence-electron chi connectivity index (χ3n) is 4.93. The molecule has 0 atom stereocenters. The van der Waals surface area contributed by atoms with Gasteiger partial charge >= 0.3 is 0 Å². The molecule has 1 saturated carbocycles. The van der Waals surface area contributed by atoms with Crippen molar-refractivity contribution < 1.29 is 4.74 Å². The standard InChI is InChI=1S/C17H23N5O/c1-2-4-14(5-3-1)12-23-16-10-15(11-16)21-6-8-22(9-7-21)17-18-13-19-20-17/h1-5,13,15-16H,6-12H2,(H,18,19,20). The van der Waals surface area contributed by atoms with Gasteiger partial charge < -0.3 is 9.64 Å². The van der Waals surface area contributed by atoms with E-state index in [4.69, 9.17) is 4.74 Å². The monoisotopic (exact) mass is 313 g/mol. The van der Waals surface area contributed by atoms with E-state index >= 15 is 0 Å². The van der Waals surface area contributed by atoms with E-state index in [9.17, 15) is 0 Å². The topological polar surface area (TPSA) is 57.3 Å². The number of aromatic amines is 1. The highest BCUT2D eigenvalue weighted by atomic mass is 16.5. The second-order valence-corrected chi connectivity index (χ2v) is 6.38.